The SMILES string of the molecule is O=Cc1ccc(CN2CCN(C(=O)c3cccc(Cc4cccc(O)c4)c3)CC2)cc1. The van der Waals surface area contributed by atoms with Crippen LogP contribution in [0.3, 0.4) is 0 Å². The number of hydrogen-bond acceptors (Lipinski definition) is 4. The fourth-order valence-corrected chi connectivity index (χ4v) is 3.97. The molecule has 1 heterocycles. The summed E-state index contributed by atoms with van der Waals surface area (Å²) in [5, 5.41) is 9.66. The van der Waals surface area contributed by atoms with E-state index in [4.69, 9.17) is 0 Å². The Labute approximate surface area is 182 Å². The molecule has 0 aromatic heterocycles. The topological polar surface area (TPSA) is 60.9 Å². The lowest BCUT2D eigenvalue weighted by Gasteiger charge is -2.35. The number of hydrogen-bond donors (Lipinski definition) is 1. The number of carbonyl (C=O) groups excluding carboxylic acids is 2. The quantitative estimate of drug-likeness (QED) is 0.624. The zero-order valence-corrected chi connectivity index (χ0v) is 17.4. The number of nitrogens with zero attached hydrogens (tertiary/aromatic N) is 2. The molecule has 0 unspecified atom stereocenters. The van der Waals surface area contributed by atoms with Gasteiger partial charge in [-0.3, -0.25) is 14.5 Å². The lowest BCUT2D eigenvalue weighted by molar-refractivity contribution is 0.0628. The van der Waals surface area contributed by atoms with Gasteiger partial charge in [-0.1, -0.05) is 48.5 Å². The van der Waals surface area contributed by atoms with E-state index >= 15 is 0 Å². The molecule has 0 saturated carbocycles. The first-order valence-corrected chi connectivity index (χ1v) is 10.5. The number of phenols is 1. The predicted octanol–water partition coefficient (Wildman–Crippen LogP) is 3.75. The summed E-state index contributed by atoms with van der Waals surface area (Å²) in [6, 6.07) is 22.6. The van der Waals surface area contributed by atoms with Crippen LogP contribution in [0, 0.1) is 0 Å². The molecule has 5 nitrogen and oxygen atoms in total. The zero-order chi connectivity index (χ0) is 21.6. The van der Waals surface area contributed by atoms with Crippen LogP contribution in [0.1, 0.15) is 37.4 Å². The molecule has 158 valence electrons. The molecule has 0 atom stereocenters. The van der Waals surface area contributed by atoms with Gasteiger partial charge in [0.05, 0.1) is 0 Å². The fourth-order valence-electron chi connectivity index (χ4n) is 3.97. The van der Waals surface area contributed by atoms with Gasteiger partial charge in [0.1, 0.15) is 12.0 Å². The molecule has 3 aromatic carbocycles. The number of aldehydes is 1. The van der Waals surface area contributed by atoms with Crippen molar-refractivity contribution in [1.29, 1.82) is 0 Å². The highest BCUT2D eigenvalue weighted by molar-refractivity contribution is 5.94. The molecule has 1 fully saturated rings. The average Bonchev–Trinajstić information content (AvgIpc) is 2.80. The summed E-state index contributed by atoms with van der Waals surface area (Å²) in [5.74, 6) is 0.315. The number of aromatic hydroxyl groups is 1. The minimum absolute atomic E-state index is 0.0627. The Balaban J connectivity index is 1.34. The molecular weight excluding hydrogens is 388 g/mol. The van der Waals surface area contributed by atoms with Gasteiger partial charge in [0.25, 0.3) is 5.91 Å². The van der Waals surface area contributed by atoms with Crippen molar-refractivity contribution in [3.05, 3.63) is 101 Å². The van der Waals surface area contributed by atoms with E-state index in [1.165, 1.54) is 5.56 Å². The second kappa shape index (κ2) is 9.58. The van der Waals surface area contributed by atoms with Crippen LogP contribution >= 0.6 is 0 Å². The van der Waals surface area contributed by atoms with E-state index in [0.717, 1.165) is 37.0 Å². The lowest BCUT2D eigenvalue weighted by Crippen LogP contribution is -2.48. The van der Waals surface area contributed by atoms with Gasteiger partial charge in [-0.2, -0.15) is 0 Å². The second-order valence-corrected chi connectivity index (χ2v) is 7.97. The third kappa shape index (κ3) is 5.38. The van der Waals surface area contributed by atoms with Gasteiger partial charge in [-0.25, -0.2) is 0 Å². The molecule has 0 aliphatic carbocycles. The van der Waals surface area contributed by atoms with Gasteiger partial charge in [0.15, 0.2) is 0 Å². The number of carbonyl (C=O) groups is 2. The molecule has 1 aliphatic heterocycles. The number of rotatable bonds is 6. The summed E-state index contributed by atoms with van der Waals surface area (Å²) in [6.07, 6.45) is 1.53. The van der Waals surface area contributed by atoms with Crippen LogP contribution in [-0.4, -0.2) is 53.3 Å². The first-order valence-electron chi connectivity index (χ1n) is 10.5. The summed E-state index contributed by atoms with van der Waals surface area (Å²) >= 11 is 0. The molecule has 0 bridgehead atoms. The van der Waals surface area contributed by atoms with Crippen LogP contribution in [0.25, 0.3) is 0 Å². The maximum Gasteiger partial charge on any atom is 0.253 e. The van der Waals surface area contributed by atoms with Crippen LogP contribution in [0.15, 0.2) is 72.8 Å². The van der Waals surface area contributed by atoms with Gasteiger partial charge in [0.2, 0.25) is 0 Å². The monoisotopic (exact) mass is 414 g/mol. The maximum absolute atomic E-state index is 13.0. The van der Waals surface area contributed by atoms with Crippen molar-refractivity contribution in [2.75, 3.05) is 26.2 Å². The van der Waals surface area contributed by atoms with Crippen LogP contribution < -0.4 is 0 Å². The molecule has 0 spiro atoms. The Bertz CT molecular complexity index is 1050. The van der Waals surface area contributed by atoms with Crippen LogP contribution in [0.5, 0.6) is 5.75 Å². The highest BCUT2D eigenvalue weighted by Crippen LogP contribution is 2.18. The van der Waals surface area contributed by atoms with Crippen molar-refractivity contribution in [2.24, 2.45) is 0 Å². The van der Waals surface area contributed by atoms with Gasteiger partial charge in [-0.05, 0) is 47.4 Å². The third-order valence-corrected chi connectivity index (χ3v) is 5.67. The van der Waals surface area contributed by atoms with Crippen molar-refractivity contribution in [2.45, 2.75) is 13.0 Å². The Morgan fingerprint density at radius 2 is 1.52 bits per heavy atom. The minimum Gasteiger partial charge on any atom is -0.508 e. The molecule has 1 amide bonds. The predicted molar refractivity (Wildman–Crippen MR) is 120 cm³/mol. The van der Waals surface area contributed by atoms with Crippen molar-refractivity contribution in [3.8, 4) is 5.75 Å². The molecule has 0 radical (unpaired) electrons. The molecule has 1 aliphatic rings. The highest BCUT2D eigenvalue weighted by atomic mass is 16.3. The van der Waals surface area contributed by atoms with E-state index in [1.54, 1.807) is 12.1 Å². The van der Waals surface area contributed by atoms with E-state index in [1.807, 2.05) is 65.6 Å². The Hall–Kier alpha value is -3.44. The summed E-state index contributed by atoms with van der Waals surface area (Å²) in [6.45, 7) is 3.86. The maximum atomic E-state index is 13.0. The second-order valence-electron chi connectivity index (χ2n) is 7.97. The van der Waals surface area contributed by atoms with Gasteiger partial charge in [-0.15, -0.1) is 0 Å². The Kier molecular flexibility index (Phi) is 6.43. The highest BCUT2D eigenvalue weighted by Gasteiger charge is 2.22. The van der Waals surface area contributed by atoms with Crippen molar-refractivity contribution in [3.63, 3.8) is 0 Å². The average molecular weight is 415 g/mol. The first kappa shape index (κ1) is 20.8. The standard InChI is InChI=1S/C26H26N2O3/c29-19-21-9-7-20(8-10-21)18-27-11-13-28(14-12-27)26(31)24-5-1-3-22(16-24)15-23-4-2-6-25(30)17-23/h1-10,16-17,19,30H,11-15,18H2. The summed E-state index contributed by atoms with van der Waals surface area (Å²) in [4.78, 5) is 28.1. The molecule has 31 heavy (non-hydrogen) atoms. The number of piperazine rings is 1. The van der Waals surface area contributed by atoms with Crippen molar-refractivity contribution in [1.82, 2.24) is 9.80 Å². The van der Waals surface area contributed by atoms with Gasteiger partial charge < -0.3 is 10.0 Å². The van der Waals surface area contributed by atoms with Crippen LogP contribution in [0.2, 0.25) is 0 Å². The van der Waals surface area contributed by atoms with E-state index in [-0.39, 0.29) is 11.7 Å². The third-order valence-electron chi connectivity index (χ3n) is 5.67. The van der Waals surface area contributed by atoms with Crippen LogP contribution in [-0.2, 0) is 13.0 Å². The summed E-state index contributed by atoms with van der Waals surface area (Å²) < 4.78 is 0. The van der Waals surface area contributed by atoms with Crippen molar-refractivity contribution < 1.29 is 14.7 Å². The van der Waals surface area contributed by atoms with Gasteiger partial charge >= 0.3 is 0 Å². The summed E-state index contributed by atoms with van der Waals surface area (Å²) in [5.41, 5.74) is 4.62. The normalized spacial score (nSPS) is 14.4. The van der Waals surface area contributed by atoms with Crippen molar-refractivity contribution >= 4 is 12.2 Å². The first-order chi connectivity index (χ1) is 15.1. The summed E-state index contributed by atoms with van der Waals surface area (Å²) in [7, 11) is 0. The Morgan fingerprint density at radius 1 is 0.839 bits per heavy atom. The number of benzene rings is 3. The van der Waals surface area contributed by atoms with E-state index in [0.29, 0.717) is 30.6 Å². The molecule has 5 heteroatoms. The molecule has 1 saturated heterocycles. The lowest BCUT2D eigenvalue weighted by atomic mass is 10.0. The number of amides is 1. The Morgan fingerprint density at radius 3 is 2.19 bits per heavy atom. The molecule has 4 rings (SSSR count). The van der Waals surface area contributed by atoms with Gasteiger partial charge in [0, 0.05) is 43.9 Å². The number of phenolic OH excluding ortho intramolecular Hbond substituents is 1. The minimum atomic E-state index is 0.0627. The zero-order valence-electron chi connectivity index (χ0n) is 17.4. The molecular formula is C26H26N2O3. The smallest absolute Gasteiger partial charge is 0.253 e. The fraction of sp³-hybridized carbons (Fsp3) is 0.231. The molecule has 3 aromatic rings. The van der Waals surface area contributed by atoms with E-state index in [9.17, 15) is 14.7 Å². The van der Waals surface area contributed by atoms with E-state index < -0.39 is 0 Å². The van der Waals surface area contributed by atoms with Crippen LogP contribution in [0.4, 0.5) is 0 Å². The largest absolute Gasteiger partial charge is 0.508 e. The van der Waals surface area contributed by atoms with E-state index in [2.05, 4.69) is 4.90 Å². The molecule has 1 N–H and O–H groups in total.